The van der Waals surface area contributed by atoms with E-state index in [0.29, 0.717) is 29.9 Å². The van der Waals surface area contributed by atoms with Crippen LogP contribution in [-0.4, -0.2) is 43.6 Å². The van der Waals surface area contributed by atoms with Crippen molar-refractivity contribution in [2.24, 2.45) is 0 Å². The largest absolute Gasteiger partial charge is 0.480 e. The molecule has 7 nitrogen and oxygen atoms in total. The van der Waals surface area contributed by atoms with E-state index >= 15 is 0 Å². The molecule has 0 saturated carbocycles. The molecule has 1 unspecified atom stereocenters. The van der Waals surface area contributed by atoms with Gasteiger partial charge in [0.25, 0.3) is 0 Å². The van der Waals surface area contributed by atoms with Crippen LogP contribution in [0.15, 0.2) is 12.7 Å². The number of carbonyl (C=O) groups is 1. The summed E-state index contributed by atoms with van der Waals surface area (Å²) in [6, 6.07) is -0.514. The first kappa shape index (κ1) is 10.9. The Balaban J connectivity index is 2.06. The molecule has 1 saturated heterocycles. The van der Waals surface area contributed by atoms with Crippen molar-refractivity contribution in [3.05, 3.63) is 12.7 Å². The quantitative estimate of drug-likeness (QED) is 0.814. The zero-order valence-electron chi connectivity index (χ0n) is 9.70. The topological polar surface area (TPSA) is 95.0 Å². The van der Waals surface area contributed by atoms with E-state index in [1.807, 2.05) is 4.90 Å². The summed E-state index contributed by atoms with van der Waals surface area (Å²) in [6.45, 7) is 0.697. The lowest BCUT2D eigenvalue weighted by Crippen LogP contribution is -2.45. The first-order chi connectivity index (χ1) is 8.77. The summed E-state index contributed by atoms with van der Waals surface area (Å²) in [4.78, 5) is 28.4. The number of H-pyrrole nitrogens is 1. The molecule has 0 amide bonds. The summed E-state index contributed by atoms with van der Waals surface area (Å²) in [5.41, 5.74) is 1.26. The van der Waals surface area contributed by atoms with E-state index in [4.69, 9.17) is 0 Å². The van der Waals surface area contributed by atoms with E-state index in [9.17, 15) is 9.90 Å². The Hall–Kier alpha value is -2.18. The summed E-state index contributed by atoms with van der Waals surface area (Å²) in [5, 5.41) is 9.28. The van der Waals surface area contributed by atoms with Gasteiger partial charge >= 0.3 is 5.97 Å². The lowest BCUT2D eigenvalue weighted by atomic mass is 10.0. The number of imidazole rings is 1. The number of piperidine rings is 1. The predicted molar refractivity (Wildman–Crippen MR) is 64.3 cm³/mol. The van der Waals surface area contributed by atoms with Crippen molar-refractivity contribution in [2.75, 3.05) is 11.4 Å². The van der Waals surface area contributed by atoms with E-state index in [0.717, 1.165) is 12.8 Å². The Morgan fingerprint density at radius 1 is 1.39 bits per heavy atom. The molecule has 0 radical (unpaired) electrons. The molecule has 3 rings (SSSR count). The van der Waals surface area contributed by atoms with Crippen LogP contribution >= 0.6 is 0 Å². The molecule has 1 atom stereocenters. The Bertz CT molecular complexity index is 582. The van der Waals surface area contributed by atoms with Crippen molar-refractivity contribution < 1.29 is 9.90 Å². The summed E-state index contributed by atoms with van der Waals surface area (Å²) >= 11 is 0. The normalized spacial score (nSPS) is 20.2. The number of carboxylic acids is 1. The highest BCUT2D eigenvalue weighted by Crippen LogP contribution is 2.27. The first-order valence-corrected chi connectivity index (χ1v) is 5.91. The van der Waals surface area contributed by atoms with E-state index < -0.39 is 12.0 Å². The highest BCUT2D eigenvalue weighted by molar-refractivity contribution is 5.86. The molecule has 1 fully saturated rings. The van der Waals surface area contributed by atoms with Gasteiger partial charge in [-0.1, -0.05) is 0 Å². The van der Waals surface area contributed by atoms with Gasteiger partial charge < -0.3 is 15.0 Å². The van der Waals surface area contributed by atoms with Gasteiger partial charge in [-0.15, -0.1) is 0 Å². The van der Waals surface area contributed by atoms with Crippen LogP contribution in [-0.2, 0) is 4.79 Å². The highest BCUT2D eigenvalue weighted by Gasteiger charge is 2.30. The molecule has 0 aromatic carbocycles. The lowest BCUT2D eigenvalue weighted by molar-refractivity contribution is -0.139. The van der Waals surface area contributed by atoms with Crippen LogP contribution in [0.5, 0.6) is 0 Å². The average Bonchev–Trinajstić information content (AvgIpc) is 2.86. The number of hydrogen-bond donors (Lipinski definition) is 2. The minimum atomic E-state index is -0.805. The third kappa shape index (κ3) is 1.68. The zero-order chi connectivity index (χ0) is 12.5. The Morgan fingerprint density at radius 2 is 2.28 bits per heavy atom. The zero-order valence-corrected chi connectivity index (χ0v) is 9.70. The van der Waals surface area contributed by atoms with Gasteiger partial charge in [0, 0.05) is 6.54 Å². The van der Waals surface area contributed by atoms with Crippen LogP contribution in [0, 0.1) is 0 Å². The van der Waals surface area contributed by atoms with Gasteiger partial charge in [-0.2, -0.15) is 0 Å². The van der Waals surface area contributed by atoms with E-state index in [1.54, 1.807) is 6.33 Å². The summed E-state index contributed by atoms with van der Waals surface area (Å²) in [7, 11) is 0. The van der Waals surface area contributed by atoms with Crippen LogP contribution in [0.25, 0.3) is 11.2 Å². The van der Waals surface area contributed by atoms with Crippen molar-refractivity contribution in [3.8, 4) is 0 Å². The number of anilines is 1. The molecular formula is C11H13N5O2. The molecule has 18 heavy (non-hydrogen) atoms. The number of aromatic amines is 1. The van der Waals surface area contributed by atoms with Gasteiger partial charge in [0.2, 0.25) is 0 Å². The molecule has 2 aromatic heterocycles. The summed E-state index contributed by atoms with van der Waals surface area (Å²) < 4.78 is 0. The molecule has 3 heterocycles. The highest BCUT2D eigenvalue weighted by atomic mass is 16.4. The Labute approximate surface area is 103 Å². The number of carboxylic acid groups (broad SMARTS) is 1. The molecule has 0 aliphatic carbocycles. The van der Waals surface area contributed by atoms with Gasteiger partial charge in [-0.05, 0) is 19.3 Å². The molecule has 2 N–H and O–H groups in total. The van der Waals surface area contributed by atoms with E-state index in [-0.39, 0.29) is 0 Å². The smallest absolute Gasteiger partial charge is 0.326 e. The van der Waals surface area contributed by atoms with Crippen LogP contribution in [0.3, 0.4) is 0 Å². The molecule has 0 bridgehead atoms. The SMILES string of the molecule is O=C(O)C1CCCCN1c1ncnc2nc[nH]c12. The fourth-order valence-corrected chi connectivity index (χ4v) is 2.41. The van der Waals surface area contributed by atoms with Gasteiger partial charge in [0.05, 0.1) is 6.33 Å². The molecule has 2 aromatic rings. The molecule has 1 aliphatic rings. The van der Waals surface area contributed by atoms with Gasteiger partial charge in [-0.3, -0.25) is 0 Å². The molecule has 7 heteroatoms. The second kappa shape index (κ2) is 4.25. The minimum Gasteiger partial charge on any atom is -0.480 e. The standard InChI is InChI=1S/C11H13N5O2/c17-11(18)7-3-1-2-4-16(7)10-8-9(13-5-12-8)14-6-15-10/h5-7H,1-4H2,(H,17,18)(H,12,13,14,15). The molecule has 1 aliphatic heterocycles. The van der Waals surface area contributed by atoms with Crippen LogP contribution in [0.1, 0.15) is 19.3 Å². The van der Waals surface area contributed by atoms with Crippen LogP contribution < -0.4 is 4.90 Å². The van der Waals surface area contributed by atoms with Gasteiger partial charge in [-0.25, -0.2) is 19.7 Å². The number of nitrogens with zero attached hydrogens (tertiary/aromatic N) is 4. The van der Waals surface area contributed by atoms with E-state index in [2.05, 4.69) is 19.9 Å². The van der Waals surface area contributed by atoms with E-state index in [1.165, 1.54) is 6.33 Å². The molecule has 94 valence electrons. The third-order valence-corrected chi connectivity index (χ3v) is 3.26. The lowest BCUT2D eigenvalue weighted by Gasteiger charge is -2.33. The number of fused-ring (bicyclic) bond motifs is 1. The molecular weight excluding hydrogens is 234 g/mol. The monoisotopic (exact) mass is 247 g/mol. The average molecular weight is 247 g/mol. The maximum absolute atomic E-state index is 11.3. The number of aromatic nitrogens is 4. The fraction of sp³-hybridized carbons (Fsp3) is 0.455. The first-order valence-electron chi connectivity index (χ1n) is 5.91. The maximum Gasteiger partial charge on any atom is 0.326 e. The number of rotatable bonds is 2. The predicted octanol–water partition coefficient (Wildman–Crippen LogP) is 0.796. The van der Waals surface area contributed by atoms with Crippen molar-refractivity contribution in [1.82, 2.24) is 19.9 Å². The number of nitrogens with one attached hydrogen (secondary N) is 1. The van der Waals surface area contributed by atoms with Crippen LogP contribution in [0.2, 0.25) is 0 Å². The van der Waals surface area contributed by atoms with Crippen molar-refractivity contribution in [3.63, 3.8) is 0 Å². The fourth-order valence-electron chi connectivity index (χ4n) is 2.41. The Kier molecular flexibility index (Phi) is 2.58. The van der Waals surface area contributed by atoms with Gasteiger partial charge in [0.1, 0.15) is 17.9 Å². The van der Waals surface area contributed by atoms with Crippen molar-refractivity contribution in [2.45, 2.75) is 25.3 Å². The molecule has 0 spiro atoms. The number of aliphatic carboxylic acids is 1. The van der Waals surface area contributed by atoms with Crippen LogP contribution in [0.4, 0.5) is 5.82 Å². The number of hydrogen-bond acceptors (Lipinski definition) is 5. The Morgan fingerprint density at radius 3 is 3.11 bits per heavy atom. The summed E-state index contributed by atoms with van der Waals surface area (Å²) in [5.74, 6) is -0.175. The maximum atomic E-state index is 11.3. The third-order valence-electron chi connectivity index (χ3n) is 3.26. The second-order valence-electron chi connectivity index (χ2n) is 4.34. The van der Waals surface area contributed by atoms with Crippen molar-refractivity contribution in [1.29, 1.82) is 0 Å². The minimum absolute atomic E-state index is 0.514. The second-order valence-corrected chi connectivity index (χ2v) is 4.34. The summed E-state index contributed by atoms with van der Waals surface area (Å²) in [6.07, 6.45) is 5.53. The van der Waals surface area contributed by atoms with Gasteiger partial charge in [0.15, 0.2) is 11.5 Å². The van der Waals surface area contributed by atoms with Crippen molar-refractivity contribution >= 4 is 23.0 Å².